The van der Waals surface area contributed by atoms with Crippen molar-refractivity contribution >= 4 is 5.91 Å². The monoisotopic (exact) mass is 191 g/mol. The zero-order valence-corrected chi connectivity index (χ0v) is 8.41. The number of carbonyl (C=O) groups is 1. The van der Waals surface area contributed by atoms with Crippen LogP contribution in [-0.4, -0.2) is 11.9 Å². The van der Waals surface area contributed by atoms with Crippen LogP contribution in [0.5, 0.6) is 0 Å². The Labute approximate surface area is 84.4 Å². The van der Waals surface area contributed by atoms with E-state index in [1.807, 2.05) is 0 Å². The van der Waals surface area contributed by atoms with Gasteiger partial charge in [-0.1, -0.05) is 0 Å². The molecule has 4 bridgehead atoms. The van der Waals surface area contributed by atoms with E-state index in [1.54, 1.807) is 0 Å². The van der Waals surface area contributed by atoms with Gasteiger partial charge in [0, 0.05) is 6.04 Å². The maximum atomic E-state index is 11.6. The second kappa shape index (κ2) is 2.34. The molecular formula is C12H17NO. The first-order valence-corrected chi connectivity index (χ1v) is 6.11. The minimum atomic E-state index is 0.369. The Kier molecular flexibility index (Phi) is 1.29. The number of β-lactam (4-membered cyclic amide) rings is 1. The number of hydrogen-bond donors (Lipinski definition) is 1. The van der Waals surface area contributed by atoms with Gasteiger partial charge in [-0.25, -0.2) is 0 Å². The van der Waals surface area contributed by atoms with E-state index < -0.39 is 0 Å². The quantitative estimate of drug-likeness (QED) is 0.578. The summed E-state index contributed by atoms with van der Waals surface area (Å²) in [5, 5.41) is 3.16. The van der Waals surface area contributed by atoms with Crippen molar-refractivity contribution in [3.8, 4) is 0 Å². The second-order valence-electron chi connectivity index (χ2n) is 5.99. The highest BCUT2D eigenvalue weighted by Gasteiger charge is 2.55. The molecule has 5 rings (SSSR count). The van der Waals surface area contributed by atoms with Crippen LogP contribution < -0.4 is 5.32 Å². The van der Waals surface area contributed by atoms with Crippen LogP contribution in [0.25, 0.3) is 0 Å². The Hall–Kier alpha value is -0.530. The van der Waals surface area contributed by atoms with E-state index in [4.69, 9.17) is 0 Å². The molecule has 1 amide bonds. The highest BCUT2D eigenvalue weighted by Crippen LogP contribution is 2.55. The molecule has 0 aromatic heterocycles. The van der Waals surface area contributed by atoms with Crippen LogP contribution >= 0.6 is 0 Å². The second-order valence-corrected chi connectivity index (χ2v) is 5.99. The molecule has 4 saturated carbocycles. The lowest BCUT2D eigenvalue weighted by atomic mass is 9.67. The summed E-state index contributed by atoms with van der Waals surface area (Å²) in [7, 11) is 0. The van der Waals surface area contributed by atoms with Gasteiger partial charge >= 0.3 is 0 Å². The van der Waals surface area contributed by atoms with Crippen LogP contribution in [0.2, 0.25) is 0 Å². The number of rotatable bonds is 0. The summed E-state index contributed by atoms with van der Waals surface area (Å²) in [6, 6.07) is 0.586. The van der Waals surface area contributed by atoms with E-state index in [9.17, 15) is 4.79 Å². The third-order valence-corrected chi connectivity index (χ3v) is 5.23. The van der Waals surface area contributed by atoms with Crippen molar-refractivity contribution < 1.29 is 4.79 Å². The summed E-state index contributed by atoms with van der Waals surface area (Å²) >= 11 is 0. The first-order valence-electron chi connectivity index (χ1n) is 6.11. The Balaban J connectivity index is 1.76. The predicted molar refractivity (Wildman–Crippen MR) is 52.5 cm³/mol. The van der Waals surface area contributed by atoms with E-state index in [-0.39, 0.29) is 0 Å². The molecule has 2 unspecified atom stereocenters. The van der Waals surface area contributed by atoms with Gasteiger partial charge in [0.1, 0.15) is 0 Å². The summed E-state index contributed by atoms with van der Waals surface area (Å²) in [4.78, 5) is 11.6. The molecular weight excluding hydrogens is 174 g/mol. The van der Waals surface area contributed by atoms with Crippen LogP contribution in [0.3, 0.4) is 0 Å². The van der Waals surface area contributed by atoms with E-state index >= 15 is 0 Å². The average molecular weight is 191 g/mol. The maximum Gasteiger partial charge on any atom is 0.225 e. The van der Waals surface area contributed by atoms with Crippen molar-refractivity contribution in [1.29, 1.82) is 0 Å². The molecule has 14 heavy (non-hydrogen) atoms. The summed E-state index contributed by atoms with van der Waals surface area (Å²) in [6.45, 7) is 0. The minimum absolute atomic E-state index is 0.369. The van der Waals surface area contributed by atoms with Gasteiger partial charge in [-0.2, -0.15) is 0 Å². The lowest BCUT2D eigenvalue weighted by Gasteiger charge is -2.41. The van der Waals surface area contributed by atoms with Gasteiger partial charge in [-0.3, -0.25) is 4.79 Å². The Morgan fingerprint density at radius 2 is 1.57 bits per heavy atom. The number of amides is 1. The fourth-order valence-electron chi connectivity index (χ4n) is 4.88. The van der Waals surface area contributed by atoms with Gasteiger partial charge in [0.15, 0.2) is 0 Å². The zero-order chi connectivity index (χ0) is 9.28. The van der Waals surface area contributed by atoms with E-state index in [0.717, 1.165) is 23.7 Å². The molecule has 2 heteroatoms. The third kappa shape index (κ3) is 0.807. The summed E-state index contributed by atoms with van der Waals surface area (Å²) in [6.07, 6.45) is 7.02. The number of hydrogen-bond acceptors (Lipinski definition) is 1. The Bertz CT molecular complexity index is 287. The lowest BCUT2D eigenvalue weighted by molar-refractivity contribution is -0.139. The van der Waals surface area contributed by atoms with Crippen molar-refractivity contribution in [2.45, 2.75) is 38.1 Å². The van der Waals surface area contributed by atoms with Crippen molar-refractivity contribution in [2.24, 2.45) is 29.6 Å². The van der Waals surface area contributed by atoms with Crippen molar-refractivity contribution in [3.63, 3.8) is 0 Å². The molecule has 1 heterocycles. The van der Waals surface area contributed by atoms with Crippen LogP contribution in [0.15, 0.2) is 0 Å². The van der Waals surface area contributed by atoms with Crippen molar-refractivity contribution in [2.75, 3.05) is 0 Å². The predicted octanol–water partition coefficient (Wildman–Crippen LogP) is 1.56. The molecule has 0 spiro atoms. The molecule has 1 aliphatic heterocycles. The van der Waals surface area contributed by atoms with E-state index in [0.29, 0.717) is 17.9 Å². The standard InChI is InChI=1S/C12H17NO/c14-12-10-8-2-6-1-7(3-8)5-9(4-6)11(10)13-12/h6-11H,1-5H2,(H,13,14)/t6-,7+,8?,9?,10-,11+/m1/s1. The molecule has 5 fully saturated rings. The first-order chi connectivity index (χ1) is 6.81. The maximum absolute atomic E-state index is 11.6. The first kappa shape index (κ1) is 7.72. The minimum Gasteiger partial charge on any atom is -0.352 e. The van der Waals surface area contributed by atoms with Gasteiger partial charge in [0.25, 0.3) is 0 Å². The summed E-state index contributed by atoms with van der Waals surface area (Å²) < 4.78 is 0. The van der Waals surface area contributed by atoms with E-state index in [1.165, 1.54) is 32.1 Å². The SMILES string of the molecule is O=C1N[C@H]2C3C[C@H]4CC(C[C@@H](C3)C4)[C@@H]12. The lowest BCUT2D eigenvalue weighted by Crippen LogP contribution is -2.62. The van der Waals surface area contributed by atoms with Gasteiger partial charge in [0.05, 0.1) is 5.92 Å². The topological polar surface area (TPSA) is 29.1 Å². The molecule has 6 atom stereocenters. The molecule has 1 saturated heterocycles. The summed E-state index contributed by atoms with van der Waals surface area (Å²) in [5.41, 5.74) is 0. The van der Waals surface area contributed by atoms with Crippen molar-refractivity contribution in [1.82, 2.24) is 5.32 Å². The molecule has 0 aromatic rings. The van der Waals surface area contributed by atoms with Gasteiger partial charge in [-0.05, 0) is 55.8 Å². The Morgan fingerprint density at radius 3 is 2.21 bits per heavy atom. The highest BCUT2D eigenvalue weighted by molar-refractivity contribution is 5.86. The molecule has 0 radical (unpaired) electrons. The fourth-order valence-corrected chi connectivity index (χ4v) is 4.88. The normalized spacial score (nSPS) is 58.7. The molecule has 5 aliphatic rings. The fraction of sp³-hybridized carbons (Fsp3) is 0.917. The van der Waals surface area contributed by atoms with Crippen LogP contribution in [0, 0.1) is 29.6 Å². The smallest absolute Gasteiger partial charge is 0.225 e. The molecule has 0 aromatic carbocycles. The van der Waals surface area contributed by atoms with Crippen molar-refractivity contribution in [3.05, 3.63) is 0 Å². The van der Waals surface area contributed by atoms with Gasteiger partial charge < -0.3 is 5.32 Å². The third-order valence-electron chi connectivity index (χ3n) is 5.23. The largest absolute Gasteiger partial charge is 0.352 e. The van der Waals surface area contributed by atoms with Crippen LogP contribution in [-0.2, 0) is 4.79 Å². The van der Waals surface area contributed by atoms with Crippen LogP contribution in [0.4, 0.5) is 0 Å². The highest BCUT2D eigenvalue weighted by atomic mass is 16.2. The molecule has 1 N–H and O–H groups in total. The number of nitrogens with one attached hydrogen (secondary N) is 1. The molecule has 76 valence electrons. The average Bonchev–Trinajstić information content (AvgIpc) is 2.23. The Morgan fingerprint density at radius 1 is 0.929 bits per heavy atom. The van der Waals surface area contributed by atoms with Gasteiger partial charge in [-0.15, -0.1) is 0 Å². The van der Waals surface area contributed by atoms with Crippen LogP contribution in [0.1, 0.15) is 32.1 Å². The van der Waals surface area contributed by atoms with E-state index in [2.05, 4.69) is 5.32 Å². The summed E-state index contributed by atoms with van der Waals surface area (Å²) in [5.74, 6) is 4.33. The zero-order valence-electron chi connectivity index (χ0n) is 8.41. The molecule has 4 aliphatic carbocycles. The number of carbonyl (C=O) groups excluding carboxylic acids is 1. The van der Waals surface area contributed by atoms with Gasteiger partial charge in [0.2, 0.25) is 5.91 Å². The molecule has 2 nitrogen and oxygen atoms in total.